The van der Waals surface area contributed by atoms with Crippen LogP contribution in [0.3, 0.4) is 0 Å². The molecule has 2 aromatic carbocycles. The third-order valence-electron chi connectivity index (χ3n) is 5.71. The van der Waals surface area contributed by atoms with Crippen LogP contribution in [0.15, 0.2) is 58.7 Å². The number of ketones is 1. The van der Waals surface area contributed by atoms with Crippen LogP contribution in [0, 0.1) is 0 Å². The Morgan fingerprint density at radius 1 is 1.03 bits per heavy atom. The quantitative estimate of drug-likeness (QED) is 0.487. The molecule has 1 amide bonds. The number of aliphatic hydroxyl groups excluding tert-OH is 1. The summed E-state index contributed by atoms with van der Waals surface area (Å²) >= 11 is 12.3. The lowest BCUT2D eigenvalue weighted by atomic mass is 9.92. The van der Waals surface area contributed by atoms with Crippen LogP contribution < -0.4 is 0 Å². The molecule has 0 saturated heterocycles. The van der Waals surface area contributed by atoms with Crippen LogP contribution >= 0.6 is 23.2 Å². The second kappa shape index (κ2) is 10.7. The molecule has 35 heavy (non-hydrogen) atoms. The highest BCUT2D eigenvalue weighted by atomic mass is 35.5. The number of hydrogen-bond acceptors (Lipinski definition) is 6. The van der Waals surface area contributed by atoms with Crippen molar-refractivity contribution in [3.05, 3.63) is 75.0 Å². The van der Waals surface area contributed by atoms with Crippen molar-refractivity contribution in [2.45, 2.75) is 17.4 Å². The van der Waals surface area contributed by atoms with Crippen molar-refractivity contribution >= 4 is 44.9 Å². The van der Waals surface area contributed by atoms with Gasteiger partial charge in [-0.3, -0.25) is 9.59 Å². The van der Waals surface area contributed by atoms with Crippen LogP contribution in [0.1, 0.15) is 28.4 Å². The normalized spacial score (nSPS) is 16.6. The standard InChI is InChI=1S/C24H27Cl2N3O5S/c1-27(2)12-5-13-29-21(16-8-11-18(25)19(26)14-16)20(23(31)24(29)32)22(30)15-6-9-17(10-7-15)35(33,34)28(3)4/h6-11,14,21,31H,5,12-13H2,1-4H3. The predicted molar refractivity (Wildman–Crippen MR) is 135 cm³/mol. The molecule has 8 nitrogen and oxygen atoms in total. The number of aliphatic hydroxyl groups is 1. The molecule has 1 unspecified atom stereocenters. The van der Waals surface area contributed by atoms with Gasteiger partial charge in [0.05, 0.1) is 26.6 Å². The van der Waals surface area contributed by atoms with Gasteiger partial charge in [0.15, 0.2) is 11.5 Å². The van der Waals surface area contributed by atoms with Crippen molar-refractivity contribution in [2.24, 2.45) is 0 Å². The summed E-state index contributed by atoms with van der Waals surface area (Å²) in [6, 6.07) is 9.29. The molecular weight excluding hydrogens is 513 g/mol. The smallest absolute Gasteiger partial charge is 0.290 e. The van der Waals surface area contributed by atoms with E-state index in [1.54, 1.807) is 18.2 Å². The first kappa shape index (κ1) is 27.2. The number of halogens is 2. The third-order valence-corrected chi connectivity index (χ3v) is 8.28. The van der Waals surface area contributed by atoms with E-state index < -0.39 is 33.5 Å². The monoisotopic (exact) mass is 539 g/mol. The molecule has 0 radical (unpaired) electrons. The number of nitrogens with zero attached hydrogens (tertiary/aromatic N) is 3. The van der Waals surface area contributed by atoms with Gasteiger partial charge < -0.3 is 14.9 Å². The van der Waals surface area contributed by atoms with Crippen molar-refractivity contribution in [2.75, 3.05) is 41.3 Å². The van der Waals surface area contributed by atoms with E-state index >= 15 is 0 Å². The summed E-state index contributed by atoms with van der Waals surface area (Å²) < 4.78 is 25.8. The van der Waals surface area contributed by atoms with Gasteiger partial charge in [-0.15, -0.1) is 0 Å². The largest absolute Gasteiger partial charge is 0.503 e. The van der Waals surface area contributed by atoms with E-state index in [9.17, 15) is 23.1 Å². The molecule has 1 N–H and O–H groups in total. The minimum Gasteiger partial charge on any atom is -0.503 e. The fourth-order valence-corrected chi connectivity index (χ4v) is 5.06. The van der Waals surface area contributed by atoms with Crippen molar-refractivity contribution in [1.29, 1.82) is 0 Å². The topological polar surface area (TPSA) is 98.2 Å². The van der Waals surface area contributed by atoms with Gasteiger partial charge in [-0.25, -0.2) is 12.7 Å². The van der Waals surface area contributed by atoms with Gasteiger partial charge in [0.25, 0.3) is 5.91 Å². The lowest BCUT2D eigenvalue weighted by Crippen LogP contribution is -2.33. The zero-order valence-electron chi connectivity index (χ0n) is 19.8. The molecule has 1 heterocycles. The first-order chi connectivity index (χ1) is 16.4. The first-order valence-corrected chi connectivity index (χ1v) is 13.0. The van der Waals surface area contributed by atoms with Crippen molar-refractivity contribution in [3.63, 3.8) is 0 Å². The molecule has 2 aromatic rings. The maximum absolute atomic E-state index is 13.5. The van der Waals surface area contributed by atoms with E-state index in [0.29, 0.717) is 30.1 Å². The molecule has 188 valence electrons. The van der Waals surface area contributed by atoms with Gasteiger partial charge in [-0.05, 0) is 69.0 Å². The predicted octanol–water partition coefficient (Wildman–Crippen LogP) is 3.77. The van der Waals surface area contributed by atoms with Crippen LogP contribution in [-0.2, 0) is 14.8 Å². The SMILES string of the molecule is CN(C)CCCN1C(=O)C(O)=C(C(=O)c2ccc(S(=O)(=O)N(C)C)cc2)C1c1ccc(Cl)c(Cl)c1. The second-order valence-corrected chi connectivity index (χ2v) is 11.6. The summed E-state index contributed by atoms with van der Waals surface area (Å²) in [6.45, 7) is 0.993. The Morgan fingerprint density at radius 2 is 1.66 bits per heavy atom. The summed E-state index contributed by atoms with van der Waals surface area (Å²) in [7, 11) is 2.96. The molecule has 1 aliphatic heterocycles. The number of rotatable bonds is 9. The molecule has 0 spiro atoms. The Bertz CT molecular complexity index is 1270. The Labute approximate surface area is 215 Å². The number of Topliss-reactive ketones (excluding diaryl/α,β-unsaturated/α-hetero) is 1. The Hall–Kier alpha value is -2.43. The summed E-state index contributed by atoms with van der Waals surface area (Å²) in [4.78, 5) is 30.0. The summed E-state index contributed by atoms with van der Waals surface area (Å²) in [5, 5.41) is 11.3. The van der Waals surface area contributed by atoms with Crippen LogP contribution in [0.5, 0.6) is 0 Å². The Balaban J connectivity index is 2.03. The Kier molecular flexibility index (Phi) is 8.28. The minimum absolute atomic E-state index is 0.0195. The highest BCUT2D eigenvalue weighted by Gasteiger charge is 2.43. The number of hydrogen-bond donors (Lipinski definition) is 1. The summed E-state index contributed by atoms with van der Waals surface area (Å²) in [6.07, 6.45) is 0.613. The van der Waals surface area contributed by atoms with Crippen LogP contribution in [0.25, 0.3) is 0 Å². The minimum atomic E-state index is -3.68. The van der Waals surface area contributed by atoms with Crippen molar-refractivity contribution in [3.8, 4) is 0 Å². The van der Waals surface area contributed by atoms with Gasteiger partial charge in [0.2, 0.25) is 10.0 Å². The van der Waals surface area contributed by atoms with Crippen LogP contribution in [0.4, 0.5) is 0 Å². The summed E-state index contributed by atoms with van der Waals surface area (Å²) in [5.41, 5.74) is 0.565. The summed E-state index contributed by atoms with van der Waals surface area (Å²) in [5.74, 6) is -1.88. The zero-order chi connectivity index (χ0) is 26.1. The highest BCUT2D eigenvalue weighted by molar-refractivity contribution is 7.89. The molecule has 1 aliphatic rings. The van der Waals surface area contributed by atoms with E-state index in [1.807, 2.05) is 19.0 Å². The molecule has 0 aliphatic carbocycles. The number of benzene rings is 2. The number of amides is 1. The van der Waals surface area contributed by atoms with E-state index in [2.05, 4.69) is 0 Å². The Morgan fingerprint density at radius 3 is 2.20 bits per heavy atom. The highest BCUT2D eigenvalue weighted by Crippen LogP contribution is 2.40. The molecule has 11 heteroatoms. The van der Waals surface area contributed by atoms with E-state index in [-0.39, 0.29) is 21.1 Å². The molecule has 0 bridgehead atoms. The number of carbonyl (C=O) groups is 2. The van der Waals surface area contributed by atoms with Crippen molar-refractivity contribution in [1.82, 2.24) is 14.1 Å². The second-order valence-electron chi connectivity index (χ2n) is 8.63. The number of sulfonamides is 1. The molecule has 3 rings (SSSR count). The van der Waals surface area contributed by atoms with Crippen LogP contribution in [0.2, 0.25) is 10.0 Å². The van der Waals surface area contributed by atoms with E-state index in [1.165, 1.54) is 43.3 Å². The molecule has 1 atom stereocenters. The van der Waals surface area contributed by atoms with Gasteiger partial charge >= 0.3 is 0 Å². The fraction of sp³-hybridized carbons (Fsp3) is 0.333. The average molecular weight is 540 g/mol. The van der Waals surface area contributed by atoms with Crippen molar-refractivity contribution < 1.29 is 23.1 Å². The lowest BCUT2D eigenvalue weighted by molar-refractivity contribution is -0.129. The molecular formula is C24H27Cl2N3O5S. The van der Waals surface area contributed by atoms with Gasteiger partial charge in [0, 0.05) is 26.2 Å². The molecule has 0 saturated carbocycles. The first-order valence-electron chi connectivity index (χ1n) is 10.8. The molecule has 0 fully saturated rings. The van der Waals surface area contributed by atoms with E-state index in [0.717, 1.165) is 4.31 Å². The zero-order valence-corrected chi connectivity index (χ0v) is 22.2. The van der Waals surface area contributed by atoms with Gasteiger partial charge in [-0.2, -0.15) is 0 Å². The average Bonchev–Trinajstić information content (AvgIpc) is 3.05. The maximum Gasteiger partial charge on any atom is 0.290 e. The van der Waals surface area contributed by atoms with Gasteiger partial charge in [0.1, 0.15) is 0 Å². The number of carbonyl (C=O) groups excluding carboxylic acids is 2. The maximum atomic E-state index is 13.5. The molecule has 0 aromatic heterocycles. The lowest BCUT2D eigenvalue weighted by Gasteiger charge is -2.27. The van der Waals surface area contributed by atoms with E-state index in [4.69, 9.17) is 23.2 Å². The van der Waals surface area contributed by atoms with Gasteiger partial charge in [-0.1, -0.05) is 29.3 Å². The van der Waals surface area contributed by atoms with Crippen LogP contribution in [-0.4, -0.2) is 80.6 Å². The fourth-order valence-electron chi connectivity index (χ4n) is 3.85. The third kappa shape index (κ3) is 5.54.